The Bertz CT molecular complexity index is 646. The van der Waals surface area contributed by atoms with Crippen molar-refractivity contribution in [1.29, 1.82) is 0 Å². The fourth-order valence-electron chi connectivity index (χ4n) is 3.93. The highest BCUT2D eigenvalue weighted by Crippen LogP contribution is 2.25. The van der Waals surface area contributed by atoms with E-state index < -0.39 is 0 Å². The van der Waals surface area contributed by atoms with Crippen LogP contribution >= 0.6 is 0 Å². The van der Waals surface area contributed by atoms with Gasteiger partial charge in [0.1, 0.15) is 5.82 Å². The minimum absolute atomic E-state index is 0.0663. The molecule has 2 heterocycles. The van der Waals surface area contributed by atoms with E-state index in [1.54, 1.807) is 15.9 Å². The molecular formula is C20H28FN3O2. The van der Waals surface area contributed by atoms with Gasteiger partial charge >= 0.3 is 0 Å². The van der Waals surface area contributed by atoms with E-state index >= 15 is 0 Å². The Morgan fingerprint density at radius 1 is 1.31 bits per heavy atom. The number of hydrogen-bond donors (Lipinski definition) is 1. The molecule has 2 fully saturated rings. The number of carbonyl (C=O) groups is 2. The van der Waals surface area contributed by atoms with Gasteiger partial charge in [0.2, 0.25) is 11.8 Å². The summed E-state index contributed by atoms with van der Waals surface area (Å²) in [6, 6.07) is 6.31. The number of nitrogens with zero attached hydrogens (tertiary/aromatic N) is 2. The van der Waals surface area contributed by atoms with E-state index in [9.17, 15) is 14.0 Å². The molecule has 1 aromatic carbocycles. The smallest absolute Gasteiger partial charge is 0.242 e. The molecule has 6 heteroatoms. The molecule has 2 aliphatic rings. The highest BCUT2D eigenvalue weighted by Gasteiger charge is 2.29. The van der Waals surface area contributed by atoms with Crippen molar-refractivity contribution in [1.82, 2.24) is 15.1 Å². The van der Waals surface area contributed by atoms with Crippen LogP contribution in [0.1, 0.15) is 31.7 Å². The molecule has 3 rings (SSSR count). The standard InChI is InChI=1S/C20H28FN3O2/c1-15(17-5-7-22-8-6-17)11-19(25)24-10-9-23(20(26)14-24)13-16-3-2-4-18(21)12-16/h2-4,12,15,17,22H,5-11,13-14H2,1H3. The molecule has 2 saturated heterocycles. The lowest BCUT2D eigenvalue weighted by atomic mass is 9.84. The first-order valence-electron chi connectivity index (χ1n) is 9.53. The van der Waals surface area contributed by atoms with Crippen LogP contribution in [0.4, 0.5) is 4.39 Å². The van der Waals surface area contributed by atoms with Crippen LogP contribution in [0.25, 0.3) is 0 Å². The van der Waals surface area contributed by atoms with E-state index in [1.807, 2.05) is 6.07 Å². The predicted molar refractivity (Wildman–Crippen MR) is 97.8 cm³/mol. The number of amides is 2. The summed E-state index contributed by atoms with van der Waals surface area (Å²) < 4.78 is 13.3. The Hall–Kier alpha value is -1.95. The van der Waals surface area contributed by atoms with Crippen LogP contribution in [-0.4, -0.2) is 54.3 Å². The van der Waals surface area contributed by atoms with Gasteiger partial charge in [0, 0.05) is 26.1 Å². The second-order valence-electron chi connectivity index (χ2n) is 7.53. The monoisotopic (exact) mass is 361 g/mol. The number of rotatable bonds is 5. The van der Waals surface area contributed by atoms with E-state index in [1.165, 1.54) is 12.1 Å². The zero-order chi connectivity index (χ0) is 18.5. The van der Waals surface area contributed by atoms with Gasteiger partial charge in [-0.25, -0.2) is 4.39 Å². The molecule has 2 amide bonds. The highest BCUT2D eigenvalue weighted by molar-refractivity contribution is 5.86. The summed E-state index contributed by atoms with van der Waals surface area (Å²) in [6.07, 6.45) is 2.76. The van der Waals surface area contributed by atoms with Crippen molar-refractivity contribution >= 4 is 11.8 Å². The van der Waals surface area contributed by atoms with E-state index in [2.05, 4.69) is 12.2 Å². The number of piperidine rings is 1. The average Bonchev–Trinajstić information content (AvgIpc) is 2.64. The van der Waals surface area contributed by atoms with Gasteiger partial charge in [0.05, 0.1) is 6.54 Å². The fraction of sp³-hybridized carbons (Fsp3) is 0.600. The molecule has 1 N–H and O–H groups in total. The Labute approximate surface area is 154 Å². The van der Waals surface area contributed by atoms with Crippen molar-refractivity contribution in [2.45, 2.75) is 32.7 Å². The van der Waals surface area contributed by atoms with E-state index in [0.717, 1.165) is 31.5 Å². The van der Waals surface area contributed by atoms with E-state index in [4.69, 9.17) is 0 Å². The number of nitrogens with one attached hydrogen (secondary N) is 1. The molecule has 0 aliphatic carbocycles. The van der Waals surface area contributed by atoms with Gasteiger partial charge in [-0.1, -0.05) is 19.1 Å². The minimum Gasteiger partial charge on any atom is -0.335 e. The second kappa shape index (κ2) is 8.62. The summed E-state index contributed by atoms with van der Waals surface area (Å²) in [5.41, 5.74) is 0.776. The van der Waals surface area contributed by atoms with Crippen LogP contribution in [0.5, 0.6) is 0 Å². The first kappa shape index (κ1) is 18.8. The normalized spacial score (nSPS) is 20.3. The molecule has 1 unspecified atom stereocenters. The van der Waals surface area contributed by atoms with Crippen LogP contribution in [0.2, 0.25) is 0 Å². The third kappa shape index (κ3) is 4.81. The second-order valence-corrected chi connectivity index (χ2v) is 7.53. The number of piperazine rings is 1. The maximum atomic E-state index is 13.3. The van der Waals surface area contributed by atoms with Crippen LogP contribution in [-0.2, 0) is 16.1 Å². The summed E-state index contributed by atoms with van der Waals surface area (Å²) in [7, 11) is 0. The molecule has 0 radical (unpaired) electrons. The Morgan fingerprint density at radius 2 is 2.08 bits per heavy atom. The largest absolute Gasteiger partial charge is 0.335 e. The third-order valence-corrected chi connectivity index (χ3v) is 5.62. The molecule has 5 nitrogen and oxygen atoms in total. The fourth-order valence-corrected chi connectivity index (χ4v) is 3.93. The van der Waals surface area contributed by atoms with Crippen LogP contribution in [0.3, 0.4) is 0 Å². The van der Waals surface area contributed by atoms with E-state index in [0.29, 0.717) is 37.9 Å². The van der Waals surface area contributed by atoms with Crippen molar-refractivity contribution in [2.75, 3.05) is 32.7 Å². The molecule has 0 aromatic heterocycles. The van der Waals surface area contributed by atoms with Gasteiger partial charge in [0.15, 0.2) is 0 Å². The lowest BCUT2D eigenvalue weighted by molar-refractivity contribution is -0.146. The van der Waals surface area contributed by atoms with Crippen molar-refractivity contribution in [2.24, 2.45) is 11.8 Å². The topological polar surface area (TPSA) is 52.7 Å². The lowest BCUT2D eigenvalue weighted by Crippen LogP contribution is -2.52. The predicted octanol–water partition coefficient (Wildman–Crippen LogP) is 2.02. The number of carbonyl (C=O) groups excluding carboxylic acids is 2. The molecule has 142 valence electrons. The minimum atomic E-state index is -0.296. The van der Waals surface area contributed by atoms with Gasteiger partial charge in [-0.15, -0.1) is 0 Å². The molecule has 0 saturated carbocycles. The Morgan fingerprint density at radius 3 is 2.77 bits per heavy atom. The molecular weight excluding hydrogens is 333 g/mol. The van der Waals surface area contributed by atoms with E-state index in [-0.39, 0.29) is 24.2 Å². The molecule has 0 spiro atoms. The van der Waals surface area contributed by atoms with Crippen molar-refractivity contribution in [3.05, 3.63) is 35.6 Å². The lowest BCUT2D eigenvalue weighted by Gasteiger charge is -2.36. The van der Waals surface area contributed by atoms with Crippen LogP contribution in [0, 0.1) is 17.7 Å². The highest BCUT2D eigenvalue weighted by atomic mass is 19.1. The summed E-state index contributed by atoms with van der Waals surface area (Å²) in [4.78, 5) is 28.4. The molecule has 0 bridgehead atoms. The number of benzene rings is 1. The maximum absolute atomic E-state index is 13.3. The van der Waals surface area contributed by atoms with Gasteiger partial charge in [-0.3, -0.25) is 9.59 Å². The van der Waals surface area contributed by atoms with Gasteiger partial charge in [0.25, 0.3) is 0 Å². The summed E-state index contributed by atoms with van der Waals surface area (Å²) in [6.45, 7) is 5.79. The number of halogens is 1. The SMILES string of the molecule is CC(CC(=O)N1CCN(Cc2cccc(F)c2)C(=O)C1)C1CCNCC1. The first-order valence-corrected chi connectivity index (χ1v) is 9.53. The number of hydrogen-bond acceptors (Lipinski definition) is 3. The average molecular weight is 361 g/mol. The summed E-state index contributed by atoms with van der Waals surface area (Å²) in [5, 5.41) is 3.35. The van der Waals surface area contributed by atoms with Gasteiger partial charge in [-0.2, -0.15) is 0 Å². The summed E-state index contributed by atoms with van der Waals surface area (Å²) in [5.74, 6) is 0.657. The summed E-state index contributed by atoms with van der Waals surface area (Å²) >= 11 is 0. The van der Waals surface area contributed by atoms with Crippen molar-refractivity contribution in [3.8, 4) is 0 Å². The first-order chi connectivity index (χ1) is 12.5. The Balaban J connectivity index is 1.49. The third-order valence-electron chi connectivity index (χ3n) is 5.62. The van der Waals surface area contributed by atoms with Crippen molar-refractivity contribution < 1.29 is 14.0 Å². The molecule has 26 heavy (non-hydrogen) atoms. The van der Waals surface area contributed by atoms with Gasteiger partial charge < -0.3 is 15.1 Å². The van der Waals surface area contributed by atoms with Crippen LogP contribution < -0.4 is 5.32 Å². The van der Waals surface area contributed by atoms with Crippen LogP contribution in [0.15, 0.2) is 24.3 Å². The van der Waals surface area contributed by atoms with Crippen molar-refractivity contribution in [3.63, 3.8) is 0 Å². The zero-order valence-electron chi connectivity index (χ0n) is 15.4. The molecule has 2 aliphatic heterocycles. The maximum Gasteiger partial charge on any atom is 0.242 e. The molecule has 1 aromatic rings. The Kier molecular flexibility index (Phi) is 6.25. The van der Waals surface area contributed by atoms with Gasteiger partial charge in [-0.05, 0) is 55.5 Å². The molecule has 1 atom stereocenters. The zero-order valence-corrected chi connectivity index (χ0v) is 15.4. The quantitative estimate of drug-likeness (QED) is 0.873.